The molecule has 0 aliphatic rings. The molecule has 2 nitrogen and oxygen atoms in total. The van der Waals surface area contributed by atoms with Gasteiger partial charge in [-0.1, -0.05) is 20.8 Å². The van der Waals surface area contributed by atoms with Gasteiger partial charge in [-0.3, -0.25) is 4.90 Å². The van der Waals surface area contributed by atoms with Crippen molar-refractivity contribution in [3.8, 4) is 0 Å². The molecule has 0 aromatic rings. The highest BCUT2D eigenvalue weighted by Gasteiger charge is 2.16. The molecule has 0 heterocycles. The summed E-state index contributed by atoms with van der Waals surface area (Å²) in [5.41, 5.74) is 0. The maximum absolute atomic E-state index is 3.39. The number of rotatable bonds is 9. The van der Waals surface area contributed by atoms with E-state index in [2.05, 4.69) is 44.8 Å². The lowest BCUT2D eigenvalue weighted by molar-refractivity contribution is 0.149. The van der Waals surface area contributed by atoms with Gasteiger partial charge in [-0.2, -0.15) is 0 Å². The number of hydrogen-bond acceptors (Lipinski definition) is 2. The molecule has 0 spiro atoms. The molecule has 0 aromatic heterocycles. The highest BCUT2D eigenvalue weighted by molar-refractivity contribution is 4.71. The minimum Gasteiger partial charge on any atom is -0.317 e. The average molecular weight is 214 g/mol. The quantitative estimate of drug-likeness (QED) is 0.594. The van der Waals surface area contributed by atoms with Crippen molar-refractivity contribution in [3.63, 3.8) is 0 Å². The van der Waals surface area contributed by atoms with Crippen LogP contribution < -0.4 is 5.32 Å². The lowest BCUT2D eigenvalue weighted by atomic mass is 10.1. The fourth-order valence-electron chi connectivity index (χ4n) is 2.16. The second kappa shape index (κ2) is 9.17. The third-order valence-corrected chi connectivity index (χ3v) is 3.31. The number of nitrogens with zero attached hydrogens (tertiary/aromatic N) is 1. The van der Waals surface area contributed by atoms with Gasteiger partial charge in [0.2, 0.25) is 0 Å². The van der Waals surface area contributed by atoms with Gasteiger partial charge in [0.1, 0.15) is 0 Å². The summed E-state index contributed by atoms with van der Waals surface area (Å²) in [4.78, 5) is 2.62. The van der Waals surface area contributed by atoms with Crippen molar-refractivity contribution in [2.24, 2.45) is 0 Å². The van der Waals surface area contributed by atoms with Crippen molar-refractivity contribution >= 4 is 0 Å². The Bertz CT molecular complexity index is 136. The summed E-state index contributed by atoms with van der Waals surface area (Å²) in [6, 6.07) is 1.45. The molecule has 0 fully saturated rings. The first-order valence-corrected chi connectivity index (χ1v) is 6.63. The molecule has 0 amide bonds. The van der Waals surface area contributed by atoms with Gasteiger partial charge in [-0.05, 0) is 52.7 Å². The Hall–Kier alpha value is -0.0800. The van der Waals surface area contributed by atoms with Gasteiger partial charge >= 0.3 is 0 Å². The lowest BCUT2D eigenvalue weighted by Crippen LogP contribution is -2.40. The highest BCUT2D eigenvalue weighted by atomic mass is 15.2. The van der Waals surface area contributed by atoms with E-state index in [1.165, 1.54) is 32.4 Å². The molecule has 0 rings (SSSR count). The van der Waals surface area contributed by atoms with Crippen LogP contribution in [0, 0.1) is 0 Å². The molecule has 92 valence electrons. The molecule has 2 unspecified atom stereocenters. The highest BCUT2D eigenvalue weighted by Crippen LogP contribution is 2.12. The smallest absolute Gasteiger partial charge is 0.00701 e. The summed E-state index contributed by atoms with van der Waals surface area (Å²) in [5, 5.41) is 3.39. The van der Waals surface area contributed by atoms with Gasteiger partial charge in [0.05, 0.1) is 0 Å². The molecular formula is C13H30N2. The van der Waals surface area contributed by atoms with E-state index >= 15 is 0 Å². The van der Waals surface area contributed by atoms with Crippen molar-refractivity contribution in [1.29, 1.82) is 0 Å². The zero-order valence-electron chi connectivity index (χ0n) is 11.3. The summed E-state index contributed by atoms with van der Waals surface area (Å²) in [7, 11) is 0. The van der Waals surface area contributed by atoms with E-state index in [9.17, 15) is 0 Å². The predicted octanol–water partition coefficient (Wildman–Crippen LogP) is 2.89. The van der Waals surface area contributed by atoms with E-state index in [0.717, 1.165) is 18.6 Å². The van der Waals surface area contributed by atoms with Crippen LogP contribution in [0.1, 0.15) is 53.9 Å². The second-order valence-electron chi connectivity index (χ2n) is 4.43. The molecule has 0 aliphatic carbocycles. The second-order valence-corrected chi connectivity index (χ2v) is 4.43. The topological polar surface area (TPSA) is 15.3 Å². The van der Waals surface area contributed by atoms with Gasteiger partial charge in [0.25, 0.3) is 0 Å². The third-order valence-electron chi connectivity index (χ3n) is 3.31. The minimum atomic E-state index is 0.726. The Morgan fingerprint density at radius 2 is 1.73 bits per heavy atom. The summed E-state index contributed by atoms with van der Waals surface area (Å²) in [6.07, 6.45) is 3.86. The fourth-order valence-corrected chi connectivity index (χ4v) is 2.16. The lowest BCUT2D eigenvalue weighted by Gasteiger charge is -2.33. The Balaban J connectivity index is 3.77. The van der Waals surface area contributed by atoms with E-state index in [1.54, 1.807) is 0 Å². The van der Waals surface area contributed by atoms with Crippen LogP contribution in [-0.4, -0.2) is 36.6 Å². The van der Waals surface area contributed by atoms with Crippen molar-refractivity contribution < 1.29 is 0 Å². The number of nitrogens with one attached hydrogen (secondary N) is 1. The molecule has 0 aliphatic heterocycles. The van der Waals surface area contributed by atoms with Crippen molar-refractivity contribution in [1.82, 2.24) is 10.2 Å². The van der Waals surface area contributed by atoms with Crippen molar-refractivity contribution in [2.75, 3.05) is 19.6 Å². The first kappa shape index (κ1) is 14.9. The fraction of sp³-hybridized carbons (Fsp3) is 1.00. The number of hydrogen-bond donors (Lipinski definition) is 1. The summed E-state index contributed by atoms with van der Waals surface area (Å²) >= 11 is 0. The van der Waals surface area contributed by atoms with Crippen LogP contribution in [-0.2, 0) is 0 Å². The molecule has 15 heavy (non-hydrogen) atoms. The van der Waals surface area contributed by atoms with Crippen LogP contribution in [0.2, 0.25) is 0 Å². The largest absolute Gasteiger partial charge is 0.317 e. The average Bonchev–Trinajstić information content (AvgIpc) is 2.25. The van der Waals surface area contributed by atoms with Crippen LogP contribution in [0.5, 0.6) is 0 Å². The molecule has 0 saturated heterocycles. The monoisotopic (exact) mass is 214 g/mol. The Morgan fingerprint density at radius 1 is 1.07 bits per heavy atom. The van der Waals surface area contributed by atoms with E-state index in [4.69, 9.17) is 0 Å². The standard InChI is InChI=1S/C13H30N2/c1-6-12(4)15(8-3)13(5)10-9-11-14-7-2/h12-14H,6-11H2,1-5H3. The van der Waals surface area contributed by atoms with Gasteiger partial charge in [-0.25, -0.2) is 0 Å². The maximum atomic E-state index is 3.39. The van der Waals surface area contributed by atoms with Crippen LogP contribution >= 0.6 is 0 Å². The molecular weight excluding hydrogens is 184 g/mol. The van der Waals surface area contributed by atoms with Crippen LogP contribution in [0.3, 0.4) is 0 Å². The molecule has 2 atom stereocenters. The van der Waals surface area contributed by atoms with Crippen LogP contribution in [0.4, 0.5) is 0 Å². The summed E-state index contributed by atoms with van der Waals surface area (Å²) < 4.78 is 0. The SMILES string of the molecule is CCNCCCC(C)N(CC)C(C)CC. The minimum absolute atomic E-state index is 0.726. The van der Waals surface area contributed by atoms with E-state index in [1.807, 2.05) is 0 Å². The molecule has 0 radical (unpaired) electrons. The molecule has 1 N–H and O–H groups in total. The van der Waals surface area contributed by atoms with Crippen LogP contribution in [0.15, 0.2) is 0 Å². The summed E-state index contributed by atoms with van der Waals surface area (Å²) in [5.74, 6) is 0. The molecule has 2 heteroatoms. The van der Waals surface area contributed by atoms with Gasteiger partial charge < -0.3 is 5.32 Å². The van der Waals surface area contributed by atoms with Crippen LogP contribution in [0.25, 0.3) is 0 Å². The normalized spacial score (nSPS) is 15.6. The van der Waals surface area contributed by atoms with E-state index in [-0.39, 0.29) is 0 Å². The third kappa shape index (κ3) is 6.16. The Morgan fingerprint density at radius 3 is 2.20 bits per heavy atom. The molecule has 0 bridgehead atoms. The first-order valence-electron chi connectivity index (χ1n) is 6.63. The van der Waals surface area contributed by atoms with Gasteiger partial charge in [0.15, 0.2) is 0 Å². The van der Waals surface area contributed by atoms with E-state index in [0.29, 0.717) is 0 Å². The first-order chi connectivity index (χ1) is 7.17. The van der Waals surface area contributed by atoms with Gasteiger partial charge in [0, 0.05) is 12.1 Å². The maximum Gasteiger partial charge on any atom is 0.00701 e. The van der Waals surface area contributed by atoms with E-state index < -0.39 is 0 Å². The van der Waals surface area contributed by atoms with Gasteiger partial charge in [-0.15, -0.1) is 0 Å². The summed E-state index contributed by atoms with van der Waals surface area (Å²) in [6.45, 7) is 14.9. The Kier molecular flexibility index (Phi) is 9.12. The molecule has 0 aromatic carbocycles. The van der Waals surface area contributed by atoms with Crippen molar-refractivity contribution in [2.45, 2.75) is 66.0 Å². The Labute approximate surface area is 96.4 Å². The zero-order valence-corrected chi connectivity index (χ0v) is 11.3. The zero-order chi connectivity index (χ0) is 11.7. The predicted molar refractivity (Wildman–Crippen MR) is 69.4 cm³/mol. The van der Waals surface area contributed by atoms with Crippen molar-refractivity contribution in [3.05, 3.63) is 0 Å². The molecule has 0 saturated carbocycles.